The standard InChI is InChI=1S/C18H27NO2/c1-17(2)13-7-8-18(17,3)16(10-13)19-11-12-5-6-15(21-4)14(20)9-12/h5-6,9,13,16,19-20H,7-8,10-11H2,1-4H3. The second kappa shape index (κ2) is 4.91. The minimum Gasteiger partial charge on any atom is -0.504 e. The van der Waals surface area contributed by atoms with Crippen LogP contribution < -0.4 is 10.1 Å². The highest BCUT2D eigenvalue weighted by Gasteiger charge is 2.60. The summed E-state index contributed by atoms with van der Waals surface area (Å²) in [5.74, 6) is 1.60. The third-order valence-corrected chi connectivity index (χ3v) is 6.59. The van der Waals surface area contributed by atoms with Gasteiger partial charge in [-0.3, -0.25) is 0 Å². The van der Waals surface area contributed by atoms with Gasteiger partial charge in [0.25, 0.3) is 0 Å². The number of fused-ring (bicyclic) bond motifs is 2. The third-order valence-electron chi connectivity index (χ3n) is 6.59. The maximum atomic E-state index is 9.87. The van der Waals surface area contributed by atoms with E-state index in [-0.39, 0.29) is 5.75 Å². The monoisotopic (exact) mass is 289 g/mol. The Morgan fingerprint density at radius 2 is 2.10 bits per heavy atom. The van der Waals surface area contributed by atoms with Gasteiger partial charge in [0.1, 0.15) is 0 Å². The Morgan fingerprint density at radius 1 is 1.33 bits per heavy atom. The van der Waals surface area contributed by atoms with Crippen molar-refractivity contribution in [3.8, 4) is 11.5 Å². The molecule has 0 heterocycles. The molecule has 2 bridgehead atoms. The van der Waals surface area contributed by atoms with Crippen LogP contribution in [0.15, 0.2) is 18.2 Å². The number of rotatable bonds is 4. The lowest BCUT2D eigenvalue weighted by molar-refractivity contribution is 0.120. The molecular formula is C18H27NO2. The van der Waals surface area contributed by atoms with Gasteiger partial charge in [-0.1, -0.05) is 26.8 Å². The molecule has 0 aliphatic heterocycles. The highest BCUT2D eigenvalue weighted by atomic mass is 16.5. The van der Waals surface area contributed by atoms with Crippen molar-refractivity contribution in [2.24, 2.45) is 16.7 Å². The average Bonchev–Trinajstić information content (AvgIpc) is 2.78. The second-order valence-electron chi connectivity index (χ2n) is 7.55. The Labute approximate surface area is 127 Å². The van der Waals surface area contributed by atoms with Gasteiger partial charge in [0.2, 0.25) is 0 Å². The zero-order valence-corrected chi connectivity index (χ0v) is 13.6. The van der Waals surface area contributed by atoms with Gasteiger partial charge in [0, 0.05) is 12.6 Å². The van der Waals surface area contributed by atoms with Crippen LogP contribution in [0.1, 0.15) is 45.6 Å². The van der Waals surface area contributed by atoms with Crippen LogP contribution in [-0.4, -0.2) is 18.3 Å². The van der Waals surface area contributed by atoms with Crippen LogP contribution in [-0.2, 0) is 6.54 Å². The van der Waals surface area contributed by atoms with Crippen molar-refractivity contribution in [2.45, 2.75) is 52.6 Å². The van der Waals surface area contributed by atoms with Crippen LogP contribution in [0, 0.1) is 16.7 Å². The summed E-state index contributed by atoms with van der Waals surface area (Å²) in [4.78, 5) is 0. The van der Waals surface area contributed by atoms with E-state index in [4.69, 9.17) is 4.74 Å². The first kappa shape index (κ1) is 14.7. The Hall–Kier alpha value is -1.22. The van der Waals surface area contributed by atoms with Crippen LogP contribution in [0.5, 0.6) is 11.5 Å². The number of nitrogens with one attached hydrogen (secondary N) is 1. The lowest BCUT2D eigenvalue weighted by Gasteiger charge is -2.39. The second-order valence-corrected chi connectivity index (χ2v) is 7.55. The van der Waals surface area contributed by atoms with Gasteiger partial charge in [-0.15, -0.1) is 0 Å². The molecule has 0 radical (unpaired) electrons. The molecule has 0 spiro atoms. The van der Waals surface area contributed by atoms with Gasteiger partial charge >= 0.3 is 0 Å². The van der Waals surface area contributed by atoms with E-state index in [1.807, 2.05) is 12.1 Å². The van der Waals surface area contributed by atoms with Crippen molar-refractivity contribution in [1.29, 1.82) is 0 Å². The number of aromatic hydroxyl groups is 1. The Kier molecular flexibility index (Phi) is 3.44. The normalized spacial score (nSPS) is 33.3. The topological polar surface area (TPSA) is 41.5 Å². The summed E-state index contributed by atoms with van der Waals surface area (Å²) < 4.78 is 5.09. The van der Waals surface area contributed by atoms with Crippen LogP contribution >= 0.6 is 0 Å². The van der Waals surface area contributed by atoms with Crippen LogP contribution in [0.3, 0.4) is 0 Å². The first-order valence-corrected chi connectivity index (χ1v) is 7.98. The van der Waals surface area contributed by atoms with E-state index in [0.717, 1.165) is 18.0 Å². The highest BCUT2D eigenvalue weighted by molar-refractivity contribution is 5.41. The van der Waals surface area contributed by atoms with Crippen LogP contribution in [0.2, 0.25) is 0 Å². The van der Waals surface area contributed by atoms with E-state index in [1.165, 1.54) is 19.3 Å². The van der Waals surface area contributed by atoms with E-state index in [1.54, 1.807) is 13.2 Å². The van der Waals surface area contributed by atoms with Gasteiger partial charge < -0.3 is 15.2 Å². The first-order chi connectivity index (χ1) is 9.88. The molecule has 0 amide bonds. The van der Waals surface area contributed by atoms with Gasteiger partial charge in [0.15, 0.2) is 11.5 Å². The molecular weight excluding hydrogens is 262 g/mol. The summed E-state index contributed by atoms with van der Waals surface area (Å²) in [6.45, 7) is 8.13. The Morgan fingerprint density at radius 3 is 2.62 bits per heavy atom. The summed E-state index contributed by atoms with van der Waals surface area (Å²) in [7, 11) is 1.57. The quantitative estimate of drug-likeness (QED) is 0.888. The van der Waals surface area contributed by atoms with E-state index in [2.05, 4.69) is 26.1 Å². The van der Waals surface area contributed by atoms with Gasteiger partial charge in [-0.05, 0) is 53.7 Å². The number of ether oxygens (including phenoxy) is 1. The molecule has 3 unspecified atom stereocenters. The van der Waals surface area contributed by atoms with Crippen molar-refractivity contribution in [3.63, 3.8) is 0 Å². The summed E-state index contributed by atoms with van der Waals surface area (Å²) in [5.41, 5.74) is 1.94. The summed E-state index contributed by atoms with van der Waals surface area (Å²) in [6, 6.07) is 6.23. The Bertz CT molecular complexity index is 540. The zero-order chi connectivity index (χ0) is 15.3. The SMILES string of the molecule is COc1ccc(CNC2CC3CCC2(C)C3(C)C)cc1O. The smallest absolute Gasteiger partial charge is 0.160 e. The molecule has 2 fully saturated rings. The molecule has 0 saturated heterocycles. The van der Waals surface area contributed by atoms with Gasteiger partial charge in [-0.2, -0.15) is 0 Å². The number of hydrogen-bond donors (Lipinski definition) is 2. The molecule has 2 aliphatic rings. The number of hydrogen-bond acceptors (Lipinski definition) is 3. The fraction of sp³-hybridized carbons (Fsp3) is 0.667. The molecule has 3 heteroatoms. The molecule has 1 aromatic carbocycles. The molecule has 0 aromatic heterocycles. The lowest BCUT2D eigenvalue weighted by Crippen LogP contribution is -2.44. The van der Waals surface area contributed by atoms with Crippen LogP contribution in [0.25, 0.3) is 0 Å². The zero-order valence-electron chi connectivity index (χ0n) is 13.6. The number of phenols is 1. The molecule has 3 nitrogen and oxygen atoms in total. The Balaban J connectivity index is 1.68. The molecule has 1 aromatic rings. The van der Waals surface area contributed by atoms with Crippen molar-refractivity contribution < 1.29 is 9.84 Å². The number of phenolic OH excluding ortho intramolecular Hbond substituents is 1. The van der Waals surface area contributed by atoms with Crippen molar-refractivity contribution >= 4 is 0 Å². The molecule has 2 aliphatic carbocycles. The third kappa shape index (κ3) is 2.13. The van der Waals surface area contributed by atoms with E-state index in [0.29, 0.717) is 22.6 Å². The maximum Gasteiger partial charge on any atom is 0.160 e. The highest BCUT2D eigenvalue weighted by Crippen LogP contribution is 2.65. The fourth-order valence-electron chi connectivity index (χ4n) is 4.60. The molecule has 116 valence electrons. The van der Waals surface area contributed by atoms with E-state index in [9.17, 15) is 5.11 Å². The summed E-state index contributed by atoms with van der Waals surface area (Å²) >= 11 is 0. The van der Waals surface area contributed by atoms with Crippen LogP contribution in [0.4, 0.5) is 0 Å². The average molecular weight is 289 g/mol. The summed E-state index contributed by atoms with van der Waals surface area (Å²) in [5, 5.41) is 13.6. The van der Waals surface area contributed by atoms with Gasteiger partial charge in [0.05, 0.1) is 7.11 Å². The molecule has 21 heavy (non-hydrogen) atoms. The van der Waals surface area contributed by atoms with E-state index >= 15 is 0 Å². The minimum atomic E-state index is 0.219. The van der Waals surface area contributed by atoms with Crippen molar-refractivity contribution in [1.82, 2.24) is 5.32 Å². The molecule has 3 atom stereocenters. The van der Waals surface area contributed by atoms with Crippen molar-refractivity contribution in [3.05, 3.63) is 23.8 Å². The lowest BCUT2D eigenvalue weighted by atomic mass is 9.69. The largest absolute Gasteiger partial charge is 0.504 e. The summed E-state index contributed by atoms with van der Waals surface area (Å²) in [6.07, 6.45) is 3.99. The maximum absolute atomic E-state index is 9.87. The minimum absolute atomic E-state index is 0.219. The molecule has 3 rings (SSSR count). The molecule has 2 N–H and O–H groups in total. The van der Waals surface area contributed by atoms with E-state index < -0.39 is 0 Å². The fourth-order valence-corrected chi connectivity index (χ4v) is 4.60. The molecule has 2 saturated carbocycles. The van der Waals surface area contributed by atoms with Crippen molar-refractivity contribution in [2.75, 3.05) is 7.11 Å². The predicted octanol–water partition coefficient (Wildman–Crippen LogP) is 3.71. The number of methoxy groups -OCH3 is 1. The first-order valence-electron chi connectivity index (χ1n) is 7.98. The number of benzene rings is 1. The predicted molar refractivity (Wildman–Crippen MR) is 84.5 cm³/mol. The van der Waals surface area contributed by atoms with Gasteiger partial charge in [-0.25, -0.2) is 0 Å².